The van der Waals surface area contributed by atoms with E-state index >= 15 is 0 Å². The number of fused-ring (bicyclic) bond motifs is 1. The molecule has 0 atom stereocenters. The van der Waals surface area contributed by atoms with Crippen LogP contribution >= 0.6 is 0 Å². The minimum Gasteiger partial charge on any atom is -0.366 e. The van der Waals surface area contributed by atoms with Crippen LogP contribution in [0.15, 0.2) is 42.7 Å². The largest absolute Gasteiger partial charge is 0.366 e. The van der Waals surface area contributed by atoms with Gasteiger partial charge in [-0.25, -0.2) is 0 Å². The first kappa shape index (κ1) is 20.6. The predicted octanol–water partition coefficient (Wildman–Crippen LogP) is 0.754. The summed E-state index contributed by atoms with van der Waals surface area (Å²) in [6.07, 6.45) is 4.00. The summed E-state index contributed by atoms with van der Waals surface area (Å²) in [7, 11) is 1.92. The highest BCUT2D eigenvalue weighted by atomic mass is 16.2. The second-order valence-electron chi connectivity index (χ2n) is 8.88. The van der Waals surface area contributed by atoms with Crippen molar-refractivity contribution in [3.05, 3.63) is 48.3 Å². The number of nitrogens with zero attached hydrogens (tertiary/aromatic N) is 6. The van der Waals surface area contributed by atoms with Crippen molar-refractivity contribution in [2.75, 3.05) is 50.7 Å². The van der Waals surface area contributed by atoms with E-state index in [0.29, 0.717) is 18.0 Å². The number of carbonyl (C=O) groups is 2. The Bertz CT molecular complexity index is 1140. The van der Waals surface area contributed by atoms with Gasteiger partial charge in [-0.2, -0.15) is 5.10 Å². The number of piperazine rings is 1. The van der Waals surface area contributed by atoms with Gasteiger partial charge >= 0.3 is 0 Å². The number of aryl methyl sites for hydroxylation is 1. The molecular formula is C23H29N7O2. The van der Waals surface area contributed by atoms with Gasteiger partial charge < -0.3 is 20.1 Å². The highest BCUT2D eigenvalue weighted by Gasteiger charge is 2.31. The topological polar surface area (TPSA) is 92.6 Å². The fraction of sp³-hybridized carbons (Fsp3) is 0.435. The molecule has 9 nitrogen and oxygen atoms in total. The molecule has 2 saturated heterocycles. The van der Waals surface area contributed by atoms with Crippen molar-refractivity contribution in [3.8, 4) is 0 Å². The van der Waals surface area contributed by atoms with Crippen LogP contribution in [0.4, 0.5) is 5.82 Å². The maximum absolute atomic E-state index is 12.7. The minimum absolute atomic E-state index is 0.210. The number of primary amides is 1. The van der Waals surface area contributed by atoms with Crippen LogP contribution in [0.1, 0.15) is 10.4 Å². The molecule has 5 rings (SSSR count). The van der Waals surface area contributed by atoms with Gasteiger partial charge in [0.05, 0.1) is 6.54 Å². The fourth-order valence-electron chi connectivity index (χ4n) is 4.74. The van der Waals surface area contributed by atoms with E-state index in [9.17, 15) is 9.59 Å². The van der Waals surface area contributed by atoms with Gasteiger partial charge in [0.2, 0.25) is 11.8 Å². The summed E-state index contributed by atoms with van der Waals surface area (Å²) < 4.78 is 3.99. The van der Waals surface area contributed by atoms with Crippen molar-refractivity contribution in [1.29, 1.82) is 0 Å². The predicted molar refractivity (Wildman–Crippen MR) is 122 cm³/mol. The van der Waals surface area contributed by atoms with Gasteiger partial charge in [0.25, 0.3) is 0 Å². The maximum Gasteiger partial charge on any atom is 0.248 e. The summed E-state index contributed by atoms with van der Waals surface area (Å²) in [5.74, 6) is 1.28. The number of likely N-dealkylation sites (tertiary alicyclic amines) is 1. The van der Waals surface area contributed by atoms with Gasteiger partial charge in [-0.3, -0.25) is 19.2 Å². The third-order valence-electron chi connectivity index (χ3n) is 6.56. The average Bonchev–Trinajstić information content (AvgIpc) is 3.38. The molecule has 0 unspecified atom stereocenters. The zero-order chi connectivity index (χ0) is 22.2. The maximum atomic E-state index is 12.7. The van der Waals surface area contributed by atoms with Crippen LogP contribution in [0.25, 0.3) is 10.9 Å². The fourth-order valence-corrected chi connectivity index (χ4v) is 4.74. The molecule has 0 aliphatic carbocycles. The second kappa shape index (κ2) is 8.31. The summed E-state index contributed by atoms with van der Waals surface area (Å²) in [6, 6.07) is 9.64. The number of aromatic nitrogens is 3. The Labute approximate surface area is 187 Å². The smallest absolute Gasteiger partial charge is 0.248 e. The van der Waals surface area contributed by atoms with E-state index < -0.39 is 5.91 Å². The van der Waals surface area contributed by atoms with Crippen molar-refractivity contribution < 1.29 is 9.59 Å². The standard InChI is InChI=1S/C23H29N7O2/c1-26-6-5-21(25-26)28-8-10-29(11-9-28)22(31)16-27-13-17(14-27)15-30-7-4-18-2-3-19(23(24)32)12-20(18)30/h2-7,12,17H,8-11,13-16H2,1H3,(H2,24,32). The van der Waals surface area contributed by atoms with Crippen LogP contribution < -0.4 is 10.6 Å². The lowest BCUT2D eigenvalue weighted by molar-refractivity contribution is -0.134. The summed E-state index contributed by atoms with van der Waals surface area (Å²) in [5, 5.41) is 5.56. The van der Waals surface area contributed by atoms with E-state index in [2.05, 4.69) is 31.7 Å². The SMILES string of the molecule is Cn1ccc(N2CCN(C(=O)CN3CC(Cn4ccc5ccc(C(N)=O)cc54)C3)CC2)n1. The van der Waals surface area contributed by atoms with Crippen LogP contribution in [0.5, 0.6) is 0 Å². The molecule has 4 heterocycles. The van der Waals surface area contributed by atoms with E-state index in [1.54, 1.807) is 10.7 Å². The average molecular weight is 436 g/mol. The number of amides is 2. The molecule has 3 aromatic rings. The number of benzene rings is 1. The molecule has 0 bridgehead atoms. The molecule has 2 fully saturated rings. The van der Waals surface area contributed by atoms with Crippen LogP contribution in [0, 0.1) is 5.92 Å². The number of hydrogen-bond acceptors (Lipinski definition) is 5. The molecule has 32 heavy (non-hydrogen) atoms. The molecule has 0 spiro atoms. The van der Waals surface area contributed by atoms with Gasteiger partial charge in [0.15, 0.2) is 5.82 Å². The Kier molecular flexibility index (Phi) is 5.34. The van der Waals surface area contributed by atoms with Crippen molar-refractivity contribution in [2.24, 2.45) is 18.7 Å². The number of anilines is 1. The first-order valence-electron chi connectivity index (χ1n) is 11.1. The van der Waals surface area contributed by atoms with Crippen molar-refractivity contribution in [2.45, 2.75) is 6.54 Å². The molecule has 1 aromatic carbocycles. The summed E-state index contributed by atoms with van der Waals surface area (Å²) in [6.45, 7) is 6.30. The molecule has 2 aliphatic rings. The molecule has 2 amide bonds. The van der Waals surface area contributed by atoms with Crippen LogP contribution in [0.2, 0.25) is 0 Å². The minimum atomic E-state index is -0.408. The Morgan fingerprint density at radius 1 is 1.06 bits per heavy atom. The molecular weight excluding hydrogens is 406 g/mol. The number of nitrogens with two attached hydrogens (primary N) is 1. The Morgan fingerprint density at radius 2 is 1.84 bits per heavy atom. The Balaban J connectivity index is 1.10. The first-order chi connectivity index (χ1) is 15.5. The van der Waals surface area contributed by atoms with E-state index in [4.69, 9.17) is 5.73 Å². The lowest BCUT2D eigenvalue weighted by Gasteiger charge is -2.41. The number of carbonyl (C=O) groups excluding carboxylic acids is 2. The van der Waals surface area contributed by atoms with Gasteiger partial charge in [0.1, 0.15) is 0 Å². The highest BCUT2D eigenvalue weighted by Crippen LogP contribution is 2.23. The molecule has 2 aliphatic heterocycles. The molecule has 0 saturated carbocycles. The molecule has 0 radical (unpaired) electrons. The lowest BCUT2D eigenvalue weighted by Crippen LogP contribution is -2.55. The van der Waals surface area contributed by atoms with Gasteiger partial charge in [-0.05, 0) is 23.6 Å². The van der Waals surface area contributed by atoms with Crippen LogP contribution in [-0.4, -0.2) is 81.8 Å². The van der Waals surface area contributed by atoms with Crippen LogP contribution in [-0.2, 0) is 18.4 Å². The van der Waals surface area contributed by atoms with E-state index in [1.807, 2.05) is 36.3 Å². The van der Waals surface area contributed by atoms with Gasteiger partial charge in [0, 0.05) is 88.3 Å². The summed E-state index contributed by atoms with van der Waals surface area (Å²) in [4.78, 5) is 30.7. The number of rotatable bonds is 6. The van der Waals surface area contributed by atoms with Crippen molar-refractivity contribution in [1.82, 2.24) is 24.1 Å². The summed E-state index contributed by atoms with van der Waals surface area (Å²) in [5.41, 5.74) is 6.99. The quantitative estimate of drug-likeness (QED) is 0.617. The molecule has 9 heteroatoms. The van der Waals surface area contributed by atoms with E-state index in [0.717, 1.165) is 62.5 Å². The first-order valence-corrected chi connectivity index (χ1v) is 11.1. The van der Waals surface area contributed by atoms with Crippen molar-refractivity contribution in [3.63, 3.8) is 0 Å². The van der Waals surface area contributed by atoms with Gasteiger partial charge in [-0.15, -0.1) is 0 Å². The third-order valence-corrected chi connectivity index (χ3v) is 6.56. The summed E-state index contributed by atoms with van der Waals surface area (Å²) >= 11 is 0. The normalized spacial score (nSPS) is 17.7. The molecule has 168 valence electrons. The molecule has 2 aromatic heterocycles. The van der Waals surface area contributed by atoms with Crippen LogP contribution in [0.3, 0.4) is 0 Å². The van der Waals surface area contributed by atoms with E-state index in [1.165, 1.54) is 0 Å². The second-order valence-corrected chi connectivity index (χ2v) is 8.88. The third kappa shape index (κ3) is 4.08. The highest BCUT2D eigenvalue weighted by molar-refractivity contribution is 5.97. The Morgan fingerprint density at radius 3 is 2.53 bits per heavy atom. The lowest BCUT2D eigenvalue weighted by atomic mass is 10.00. The zero-order valence-electron chi connectivity index (χ0n) is 18.4. The van der Waals surface area contributed by atoms with E-state index in [-0.39, 0.29) is 5.91 Å². The van der Waals surface area contributed by atoms with Crippen molar-refractivity contribution >= 4 is 28.5 Å². The number of hydrogen-bond donors (Lipinski definition) is 1. The molecule has 2 N–H and O–H groups in total. The van der Waals surface area contributed by atoms with Gasteiger partial charge in [-0.1, -0.05) is 6.07 Å². The zero-order valence-corrected chi connectivity index (χ0v) is 18.4. The monoisotopic (exact) mass is 435 g/mol. The Hall–Kier alpha value is -3.33.